The van der Waals surface area contributed by atoms with Gasteiger partial charge in [-0.05, 0) is 50.4 Å². The number of hydrogen-bond donors (Lipinski definition) is 3. The molecular weight excluding hydrogens is 734 g/mol. The Kier molecular flexibility index (Phi) is 10.1. The zero-order valence-corrected chi connectivity index (χ0v) is 30.2. The molecule has 5 aromatic rings. The van der Waals surface area contributed by atoms with Crippen LogP contribution in [0.25, 0.3) is 32.1 Å². The van der Waals surface area contributed by atoms with Crippen molar-refractivity contribution in [1.82, 2.24) is 25.3 Å². The summed E-state index contributed by atoms with van der Waals surface area (Å²) in [5.74, 6) is -2.83. The Bertz CT molecular complexity index is 2270. The van der Waals surface area contributed by atoms with Gasteiger partial charge in [0.25, 0.3) is 0 Å². The first-order valence-electron chi connectivity index (χ1n) is 17.1. The number of nitriles is 1. The van der Waals surface area contributed by atoms with E-state index in [1.165, 1.54) is 45.7 Å². The lowest BCUT2D eigenvalue weighted by atomic mass is 9.91. The van der Waals surface area contributed by atoms with Crippen molar-refractivity contribution < 1.29 is 36.3 Å². The number of nitrogens with two attached hydrogens (primary N) is 2. The van der Waals surface area contributed by atoms with Gasteiger partial charge in [0.1, 0.15) is 52.0 Å². The number of anilines is 3. The van der Waals surface area contributed by atoms with Gasteiger partial charge in [-0.1, -0.05) is 12.1 Å². The van der Waals surface area contributed by atoms with Crippen molar-refractivity contribution in [3.8, 4) is 29.0 Å². The highest BCUT2D eigenvalue weighted by Crippen LogP contribution is 2.53. The van der Waals surface area contributed by atoms with Gasteiger partial charge >= 0.3 is 12.2 Å². The third-order valence-corrected chi connectivity index (χ3v) is 11.1. The van der Waals surface area contributed by atoms with Crippen LogP contribution in [-0.2, 0) is 11.0 Å². The molecule has 0 spiro atoms. The Morgan fingerprint density at radius 1 is 1.13 bits per heavy atom. The number of methoxy groups -OCH3 is 1. The second kappa shape index (κ2) is 14.6. The topological polar surface area (TPSA) is 161 Å². The van der Waals surface area contributed by atoms with Gasteiger partial charge in [0.05, 0.1) is 42.5 Å². The molecule has 284 valence electrons. The van der Waals surface area contributed by atoms with Crippen LogP contribution in [0.2, 0.25) is 0 Å². The van der Waals surface area contributed by atoms with Crippen molar-refractivity contribution in [3.05, 3.63) is 58.8 Å². The monoisotopic (exact) mass is 769 g/mol. The van der Waals surface area contributed by atoms with Crippen LogP contribution < -0.4 is 31.3 Å². The highest BCUT2D eigenvalue weighted by molar-refractivity contribution is 7.23. The molecule has 0 bridgehead atoms. The molecule has 0 amide bonds. The minimum atomic E-state index is -5.18. The van der Waals surface area contributed by atoms with Crippen LogP contribution in [0.5, 0.6) is 11.8 Å². The van der Waals surface area contributed by atoms with Crippen molar-refractivity contribution >= 4 is 49.0 Å². The van der Waals surface area contributed by atoms with Gasteiger partial charge in [-0.3, -0.25) is 4.90 Å². The minimum absolute atomic E-state index is 0.0220. The molecule has 3 aromatic heterocycles. The largest absolute Gasteiger partial charge is 0.490 e. The first-order chi connectivity index (χ1) is 25.9. The number of pyridine rings is 1. The smallest absolute Gasteiger partial charge is 0.420 e. The van der Waals surface area contributed by atoms with E-state index in [1.807, 2.05) is 0 Å². The number of hydroxylamine groups is 1. The molecule has 3 aliphatic rings. The highest BCUT2D eigenvalue weighted by Gasteiger charge is 2.44. The molecule has 0 aliphatic carbocycles. The number of alkyl halides is 3. The number of aromatic nitrogens is 3. The SMILES string of the molecule is CONC1CC2CCCN2C1.COc1nc2c3c(c(C(F)(F)F)c(-c4ccc(F)c5sc(N)c(C#N)c45)c(F)c3n1)OCCN2C(C)c1cccnc1N. The highest BCUT2D eigenvalue weighted by atomic mass is 32.1. The molecule has 2 aromatic carbocycles. The molecule has 6 heterocycles. The molecule has 12 nitrogen and oxygen atoms in total. The number of fused-ring (bicyclic) bond motifs is 2. The molecule has 0 radical (unpaired) electrons. The standard InChI is InChI=1S/C28H20F5N7O2S.C8H16N2O/c1-11(12-4-3-7-37-24(12)35)40-8-9-42-22-18-21(38-27(41-2)39-26(18)40)20(30)17(19(22)28(31,32)33)13-5-6-15(29)23-16(13)14(10-34)25(36)43-23;1-11-9-7-5-8-3-2-4-10(8)6-7/h3-7,11H,8-9,36H2,1-2H3,(H2,35,37);7-9H,2-6H2,1H3. The molecule has 5 N–H and O–H groups in total. The molecule has 3 unspecified atom stereocenters. The predicted molar refractivity (Wildman–Crippen MR) is 194 cm³/mol. The molecule has 18 heteroatoms. The number of nitrogen functional groups attached to an aromatic ring is 2. The van der Waals surface area contributed by atoms with Crippen molar-refractivity contribution in [2.24, 2.45) is 0 Å². The van der Waals surface area contributed by atoms with Crippen molar-refractivity contribution in [2.45, 2.75) is 50.5 Å². The third kappa shape index (κ3) is 6.44. The van der Waals surface area contributed by atoms with Crippen molar-refractivity contribution in [1.29, 1.82) is 5.26 Å². The lowest BCUT2D eigenvalue weighted by Crippen LogP contribution is -2.31. The number of nitrogens with one attached hydrogen (secondary N) is 1. The lowest BCUT2D eigenvalue weighted by molar-refractivity contribution is -0.138. The van der Waals surface area contributed by atoms with Gasteiger partial charge in [-0.2, -0.15) is 33.9 Å². The lowest BCUT2D eigenvalue weighted by Gasteiger charge is -2.30. The van der Waals surface area contributed by atoms with Crippen LogP contribution in [0.1, 0.15) is 48.9 Å². The molecule has 2 fully saturated rings. The van der Waals surface area contributed by atoms with E-state index >= 15 is 17.6 Å². The van der Waals surface area contributed by atoms with E-state index in [1.54, 1.807) is 37.1 Å². The number of benzene rings is 2. The summed E-state index contributed by atoms with van der Waals surface area (Å²) in [5, 5.41) is 9.02. The van der Waals surface area contributed by atoms with Crippen molar-refractivity contribution in [3.63, 3.8) is 0 Å². The second-order valence-corrected chi connectivity index (χ2v) is 14.2. The fourth-order valence-corrected chi connectivity index (χ4v) is 8.71. The van der Waals surface area contributed by atoms with Crippen LogP contribution in [-0.4, -0.2) is 72.4 Å². The first kappa shape index (κ1) is 37.2. The minimum Gasteiger partial charge on any atom is -0.490 e. The number of thiophene rings is 1. The molecular formula is C36H36F5N9O3S. The van der Waals surface area contributed by atoms with Crippen LogP contribution in [0.15, 0.2) is 30.5 Å². The summed E-state index contributed by atoms with van der Waals surface area (Å²) in [4.78, 5) is 21.6. The van der Waals surface area contributed by atoms with E-state index in [2.05, 4.69) is 25.3 Å². The zero-order valence-electron chi connectivity index (χ0n) is 29.4. The third-order valence-electron chi connectivity index (χ3n) is 10.1. The van der Waals surface area contributed by atoms with Gasteiger partial charge < -0.3 is 30.7 Å². The molecule has 54 heavy (non-hydrogen) atoms. The first-order valence-corrected chi connectivity index (χ1v) is 17.9. The van der Waals surface area contributed by atoms with Gasteiger partial charge in [0.15, 0.2) is 5.82 Å². The summed E-state index contributed by atoms with van der Waals surface area (Å²) in [7, 11) is 2.93. The normalized spacial score (nSPS) is 18.8. The van der Waals surface area contributed by atoms with E-state index < -0.39 is 51.8 Å². The summed E-state index contributed by atoms with van der Waals surface area (Å²) >= 11 is 0.675. The molecule has 3 aliphatic heterocycles. The van der Waals surface area contributed by atoms with Crippen LogP contribution in [0.4, 0.5) is 38.6 Å². The Balaban J connectivity index is 0.000000348. The van der Waals surface area contributed by atoms with E-state index in [9.17, 15) is 9.65 Å². The number of halogens is 5. The summed E-state index contributed by atoms with van der Waals surface area (Å²) in [5.41, 5.74) is 11.9. The Labute approximate surface area is 310 Å². The van der Waals surface area contributed by atoms with E-state index in [4.69, 9.17) is 25.8 Å². The fraction of sp³-hybridized carbons (Fsp3) is 0.389. The summed E-state index contributed by atoms with van der Waals surface area (Å²) in [6, 6.07) is 7.55. The maximum Gasteiger partial charge on any atom is 0.420 e. The van der Waals surface area contributed by atoms with E-state index in [-0.39, 0.29) is 56.8 Å². The molecule has 3 atom stereocenters. The molecule has 8 rings (SSSR count). The van der Waals surface area contributed by atoms with Gasteiger partial charge in [-0.15, -0.1) is 11.3 Å². The summed E-state index contributed by atoms with van der Waals surface area (Å²) in [6.07, 6.45) is 0.372. The number of ether oxygens (including phenoxy) is 2. The summed E-state index contributed by atoms with van der Waals surface area (Å²) < 4.78 is 87.5. The van der Waals surface area contributed by atoms with Gasteiger partial charge in [0, 0.05) is 41.3 Å². The van der Waals surface area contributed by atoms with Crippen LogP contribution in [0, 0.1) is 23.0 Å². The zero-order chi connectivity index (χ0) is 38.5. The maximum atomic E-state index is 16.7. The average Bonchev–Trinajstić information content (AvgIpc) is 3.80. The quantitative estimate of drug-likeness (QED) is 0.126. The molecule has 0 saturated carbocycles. The second-order valence-electron chi connectivity index (χ2n) is 13.1. The average molecular weight is 770 g/mol. The Morgan fingerprint density at radius 2 is 1.93 bits per heavy atom. The van der Waals surface area contributed by atoms with Gasteiger partial charge in [0.2, 0.25) is 0 Å². The number of rotatable bonds is 6. The number of nitrogens with zero attached hydrogens (tertiary/aromatic N) is 6. The number of hydrogen-bond acceptors (Lipinski definition) is 13. The van der Waals surface area contributed by atoms with Crippen LogP contribution in [0.3, 0.4) is 0 Å². The summed E-state index contributed by atoms with van der Waals surface area (Å²) in [6.45, 7) is 3.98. The van der Waals surface area contributed by atoms with Crippen LogP contribution >= 0.6 is 11.3 Å². The van der Waals surface area contributed by atoms with Crippen molar-refractivity contribution in [2.75, 3.05) is 56.8 Å². The fourth-order valence-electron chi connectivity index (χ4n) is 7.76. The Hall–Kier alpha value is -5.09. The maximum absolute atomic E-state index is 16.7. The Morgan fingerprint density at radius 3 is 2.61 bits per heavy atom. The van der Waals surface area contributed by atoms with E-state index in [0.29, 0.717) is 22.9 Å². The van der Waals surface area contributed by atoms with Gasteiger partial charge in [-0.25, -0.2) is 13.8 Å². The van der Waals surface area contributed by atoms with E-state index in [0.717, 1.165) is 18.2 Å². The molecule has 2 saturated heterocycles. The predicted octanol–water partition coefficient (Wildman–Crippen LogP) is 6.58.